The molecule has 5 heteroatoms. The first kappa shape index (κ1) is 12.7. The highest BCUT2D eigenvalue weighted by molar-refractivity contribution is 9.10. The Morgan fingerprint density at radius 2 is 1.75 bits per heavy atom. The van der Waals surface area contributed by atoms with Gasteiger partial charge in [0.15, 0.2) is 0 Å². The number of aryl methyl sites for hydroxylation is 1. The van der Waals surface area contributed by atoms with Crippen molar-refractivity contribution >= 4 is 27.9 Å². The minimum atomic E-state index is -0.963. The highest BCUT2D eigenvalue weighted by atomic mass is 79.9. The monoisotopic (exact) mass is 286 g/mol. The first-order valence-corrected chi connectivity index (χ1v) is 5.61. The molecular weight excluding hydrogens is 276 g/mol. The molecule has 1 aromatic rings. The van der Waals surface area contributed by atoms with Gasteiger partial charge in [0.1, 0.15) is 4.83 Å². The topological polar surface area (TPSA) is 74.6 Å². The second kappa shape index (κ2) is 5.65. The van der Waals surface area contributed by atoms with Crippen LogP contribution >= 0.6 is 15.9 Å². The summed E-state index contributed by atoms with van der Waals surface area (Å²) < 4.78 is 0. The summed E-state index contributed by atoms with van der Waals surface area (Å²) in [5.74, 6) is -1.85. The van der Waals surface area contributed by atoms with Crippen molar-refractivity contribution in [1.82, 2.24) is 0 Å². The van der Waals surface area contributed by atoms with Crippen LogP contribution in [0.3, 0.4) is 0 Å². The largest absolute Gasteiger partial charge is 0.480 e. The Hall–Kier alpha value is -1.36. The van der Waals surface area contributed by atoms with Gasteiger partial charge in [-0.25, -0.2) is 4.79 Å². The molecule has 0 aromatic heterocycles. The molecule has 0 aliphatic rings. The molecule has 16 heavy (non-hydrogen) atoms. The zero-order chi connectivity index (χ0) is 12.1. The van der Waals surface area contributed by atoms with Crippen molar-refractivity contribution in [2.45, 2.75) is 17.7 Å². The van der Waals surface area contributed by atoms with Crippen LogP contribution in [-0.2, 0) is 11.2 Å². The SMILES string of the molecule is O=C(O)c1ccc(CCC(Br)C(=O)O)cc1. The van der Waals surface area contributed by atoms with Gasteiger partial charge in [0.05, 0.1) is 5.56 Å². The minimum Gasteiger partial charge on any atom is -0.480 e. The van der Waals surface area contributed by atoms with Gasteiger partial charge in [-0.15, -0.1) is 0 Å². The fourth-order valence-electron chi connectivity index (χ4n) is 1.23. The molecule has 1 atom stereocenters. The number of alkyl halides is 1. The van der Waals surface area contributed by atoms with Gasteiger partial charge in [0, 0.05) is 0 Å². The van der Waals surface area contributed by atoms with Gasteiger partial charge in [-0.1, -0.05) is 28.1 Å². The first-order valence-electron chi connectivity index (χ1n) is 4.70. The van der Waals surface area contributed by atoms with Crippen molar-refractivity contribution in [3.05, 3.63) is 35.4 Å². The van der Waals surface area contributed by atoms with Crippen LogP contribution in [0.1, 0.15) is 22.3 Å². The summed E-state index contributed by atoms with van der Waals surface area (Å²) in [6, 6.07) is 6.43. The Morgan fingerprint density at radius 1 is 1.19 bits per heavy atom. The van der Waals surface area contributed by atoms with Gasteiger partial charge in [0.25, 0.3) is 0 Å². The quantitative estimate of drug-likeness (QED) is 0.814. The zero-order valence-corrected chi connectivity index (χ0v) is 9.98. The maximum absolute atomic E-state index is 10.6. The van der Waals surface area contributed by atoms with Gasteiger partial charge >= 0.3 is 11.9 Å². The fraction of sp³-hybridized carbons (Fsp3) is 0.273. The number of hydrogen-bond donors (Lipinski definition) is 2. The summed E-state index contributed by atoms with van der Waals surface area (Å²) in [6.45, 7) is 0. The summed E-state index contributed by atoms with van der Waals surface area (Å²) >= 11 is 3.04. The van der Waals surface area contributed by atoms with Crippen LogP contribution in [0, 0.1) is 0 Å². The second-order valence-corrected chi connectivity index (χ2v) is 4.45. The van der Waals surface area contributed by atoms with Crippen molar-refractivity contribution in [1.29, 1.82) is 0 Å². The summed E-state index contributed by atoms with van der Waals surface area (Å²) in [6.07, 6.45) is 1.07. The lowest BCUT2D eigenvalue weighted by Gasteiger charge is -2.04. The molecular formula is C11H11BrO4. The zero-order valence-electron chi connectivity index (χ0n) is 8.39. The molecule has 2 N–H and O–H groups in total. The average Bonchev–Trinajstić information content (AvgIpc) is 2.26. The van der Waals surface area contributed by atoms with Crippen LogP contribution in [-0.4, -0.2) is 27.0 Å². The number of carboxylic acid groups (broad SMARTS) is 2. The van der Waals surface area contributed by atoms with E-state index < -0.39 is 16.8 Å². The molecule has 0 saturated carbocycles. The maximum Gasteiger partial charge on any atom is 0.335 e. The van der Waals surface area contributed by atoms with E-state index in [1.807, 2.05) is 0 Å². The van der Waals surface area contributed by atoms with Crippen molar-refractivity contribution in [3.8, 4) is 0 Å². The van der Waals surface area contributed by atoms with E-state index in [1.165, 1.54) is 12.1 Å². The average molecular weight is 287 g/mol. The Morgan fingerprint density at radius 3 is 2.19 bits per heavy atom. The minimum absolute atomic E-state index is 0.234. The number of aromatic carboxylic acids is 1. The van der Waals surface area contributed by atoms with E-state index in [-0.39, 0.29) is 5.56 Å². The van der Waals surface area contributed by atoms with E-state index in [4.69, 9.17) is 10.2 Å². The van der Waals surface area contributed by atoms with Crippen molar-refractivity contribution in [2.24, 2.45) is 0 Å². The molecule has 1 aromatic carbocycles. The summed E-state index contributed by atoms with van der Waals surface area (Å²) in [5, 5.41) is 17.3. The molecule has 1 unspecified atom stereocenters. The third-order valence-electron chi connectivity index (χ3n) is 2.16. The highest BCUT2D eigenvalue weighted by Gasteiger charge is 2.12. The molecule has 0 aliphatic carbocycles. The van der Waals surface area contributed by atoms with Gasteiger partial charge in [-0.05, 0) is 30.5 Å². The van der Waals surface area contributed by atoms with Crippen LogP contribution in [0.2, 0.25) is 0 Å². The third kappa shape index (κ3) is 3.66. The molecule has 0 radical (unpaired) electrons. The molecule has 0 saturated heterocycles. The summed E-state index contributed by atoms with van der Waals surface area (Å²) in [5.41, 5.74) is 1.16. The van der Waals surface area contributed by atoms with E-state index in [1.54, 1.807) is 12.1 Å². The van der Waals surface area contributed by atoms with E-state index in [2.05, 4.69) is 15.9 Å². The van der Waals surface area contributed by atoms with E-state index in [9.17, 15) is 9.59 Å². The van der Waals surface area contributed by atoms with Crippen LogP contribution in [0.25, 0.3) is 0 Å². The molecule has 86 valence electrons. The predicted octanol–water partition coefficient (Wildman–Crippen LogP) is 2.17. The Balaban J connectivity index is 2.56. The lowest BCUT2D eigenvalue weighted by atomic mass is 10.1. The lowest BCUT2D eigenvalue weighted by Crippen LogP contribution is -2.13. The van der Waals surface area contributed by atoms with Crippen LogP contribution in [0.4, 0.5) is 0 Å². The Kier molecular flexibility index (Phi) is 4.49. The third-order valence-corrected chi connectivity index (χ3v) is 3.00. The predicted molar refractivity (Wildman–Crippen MR) is 62.1 cm³/mol. The van der Waals surface area contributed by atoms with Gasteiger partial charge < -0.3 is 10.2 Å². The number of benzene rings is 1. The number of carbonyl (C=O) groups is 2. The molecule has 0 bridgehead atoms. The molecule has 1 rings (SSSR count). The molecule has 0 amide bonds. The molecule has 0 aliphatic heterocycles. The van der Waals surface area contributed by atoms with Crippen molar-refractivity contribution in [3.63, 3.8) is 0 Å². The van der Waals surface area contributed by atoms with E-state index in [0.717, 1.165) is 5.56 Å². The summed E-state index contributed by atoms with van der Waals surface area (Å²) in [4.78, 5) is 20.6. The van der Waals surface area contributed by atoms with Crippen LogP contribution < -0.4 is 0 Å². The molecule has 4 nitrogen and oxygen atoms in total. The summed E-state index contributed by atoms with van der Waals surface area (Å²) in [7, 11) is 0. The number of carboxylic acids is 2. The first-order chi connectivity index (χ1) is 7.50. The Labute approximate surface area is 101 Å². The Bertz CT molecular complexity index is 385. The standard InChI is InChI=1S/C11H11BrO4/c12-9(11(15)16)6-3-7-1-4-8(5-2-7)10(13)14/h1-2,4-5,9H,3,6H2,(H,13,14)(H,15,16). The number of rotatable bonds is 5. The number of hydrogen-bond acceptors (Lipinski definition) is 2. The fourth-order valence-corrected chi connectivity index (χ4v) is 1.46. The number of halogens is 1. The number of aliphatic carboxylic acids is 1. The normalized spacial score (nSPS) is 12.1. The smallest absolute Gasteiger partial charge is 0.335 e. The molecule has 0 fully saturated rings. The highest BCUT2D eigenvalue weighted by Crippen LogP contribution is 2.12. The van der Waals surface area contributed by atoms with Crippen molar-refractivity contribution < 1.29 is 19.8 Å². The molecule has 0 spiro atoms. The van der Waals surface area contributed by atoms with Crippen LogP contribution in [0.15, 0.2) is 24.3 Å². The maximum atomic E-state index is 10.6. The second-order valence-electron chi connectivity index (χ2n) is 3.35. The van der Waals surface area contributed by atoms with E-state index >= 15 is 0 Å². The van der Waals surface area contributed by atoms with Gasteiger partial charge in [0.2, 0.25) is 0 Å². The van der Waals surface area contributed by atoms with Crippen LogP contribution in [0.5, 0.6) is 0 Å². The van der Waals surface area contributed by atoms with Gasteiger partial charge in [-0.3, -0.25) is 4.79 Å². The lowest BCUT2D eigenvalue weighted by molar-refractivity contribution is -0.136. The van der Waals surface area contributed by atoms with Gasteiger partial charge in [-0.2, -0.15) is 0 Å². The van der Waals surface area contributed by atoms with E-state index in [0.29, 0.717) is 12.8 Å². The molecule has 0 heterocycles. The van der Waals surface area contributed by atoms with Crippen molar-refractivity contribution in [2.75, 3.05) is 0 Å².